The van der Waals surface area contributed by atoms with Gasteiger partial charge in [-0.1, -0.05) is 34.6 Å². The number of rotatable bonds is 6. The van der Waals surface area contributed by atoms with E-state index in [1.807, 2.05) is 26.8 Å². The third kappa shape index (κ3) is 4.72. The maximum Gasteiger partial charge on any atom is 0.246 e. The summed E-state index contributed by atoms with van der Waals surface area (Å²) in [6, 6.07) is 4.82. The molecule has 0 aromatic carbocycles. The van der Waals surface area contributed by atoms with Crippen molar-refractivity contribution < 1.29 is 14.4 Å². The van der Waals surface area contributed by atoms with Crippen LogP contribution in [0, 0.1) is 45.3 Å². The molecule has 10 nitrogen and oxygen atoms in total. The van der Waals surface area contributed by atoms with E-state index in [0.717, 1.165) is 5.39 Å². The Kier molecular flexibility index (Phi) is 6.64. The van der Waals surface area contributed by atoms with Gasteiger partial charge in [0.05, 0.1) is 17.7 Å². The van der Waals surface area contributed by atoms with Crippen LogP contribution in [0.15, 0.2) is 30.7 Å². The minimum Gasteiger partial charge on any atom is -0.343 e. The number of aromatic nitrogens is 2. The first-order valence-corrected chi connectivity index (χ1v) is 12.3. The minimum atomic E-state index is -1.01. The topological polar surface area (TPSA) is 152 Å². The number of nitrogens with one attached hydrogen (secondary N) is 2. The van der Waals surface area contributed by atoms with Crippen LogP contribution in [0.2, 0.25) is 0 Å². The van der Waals surface area contributed by atoms with Gasteiger partial charge in [0.25, 0.3) is 0 Å². The van der Waals surface area contributed by atoms with Crippen molar-refractivity contribution in [1.29, 1.82) is 10.5 Å². The Balaban J connectivity index is 1.62. The molecule has 192 valence electrons. The van der Waals surface area contributed by atoms with Crippen molar-refractivity contribution in [2.75, 3.05) is 6.54 Å². The lowest BCUT2D eigenvalue weighted by atomic mass is 9.85. The maximum atomic E-state index is 13.8. The molecule has 10 heteroatoms. The number of hydrogen-bond donors (Lipinski definition) is 2. The molecular weight excluding hydrogens is 470 g/mol. The number of fused-ring (bicyclic) bond motifs is 2. The van der Waals surface area contributed by atoms with Gasteiger partial charge in [-0.05, 0) is 34.8 Å². The van der Waals surface area contributed by atoms with Crippen LogP contribution in [0.1, 0.15) is 52.6 Å². The number of hydrogen-bond acceptors (Lipinski definition) is 7. The lowest BCUT2D eigenvalue weighted by Crippen LogP contribution is -2.59. The first-order chi connectivity index (χ1) is 17.4. The Morgan fingerprint density at radius 3 is 2.59 bits per heavy atom. The standard InChI is InChI=1S/C27H31N7O3/c1-26(2,3)23(33-19(35)8-9-28)25(37)34-14-17-20(27(17,4)5)22(34)24(36)32-18(11-29)16-13-30-12-15-7-6-10-31-21(15)16/h6-7,10,12-13,17-18,20,22-23H,8,14H2,1-5H3,(H,32,36)(H,33,35)/t17-,18?,20-,22-,23+/m0/s1. The van der Waals surface area contributed by atoms with E-state index in [-0.39, 0.29) is 29.6 Å². The molecule has 3 heterocycles. The van der Waals surface area contributed by atoms with Gasteiger partial charge < -0.3 is 15.5 Å². The van der Waals surface area contributed by atoms with Crippen molar-refractivity contribution in [2.45, 2.75) is 59.2 Å². The molecule has 0 bridgehead atoms. The largest absolute Gasteiger partial charge is 0.343 e. The summed E-state index contributed by atoms with van der Waals surface area (Å²) in [7, 11) is 0. The second-order valence-corrected chi connectivity index (χ2v) is 11.5. The van der Waals surface area contributed by atoms with Crippen LogP contribution in [-0.4, -0.2) is 51.2 Å². The third-order valence-corrected chi connectivity index (χ3v) is 7.68. The maximum absolute atomic E-state index is 13.8. The van der Waals surface area contributed by atoms with Gasteiger partial charge in [0.1, 0.15) is 24.5 Å². The zero-order valence-corrected chi connectivity index (χ0v) is 21.6. The highest BCUT2D eigenvalue weighted by Crippen LogP contribution is 2.65. The number of likely N-dealkylation sites (tertiary alicyclic amines) is 1. The molecule has 2 N–H and O–H groups in total. The molecule has 0 radical (unpaired) electrons. The molecule has 2 aliphatic rings. The molecule has 2 aromatic rings. The lowest BCUT2D eigenvalue weighted by Gasteiger charge is -2.37. The average Bonchev–Trinajstić information content (AvgIpc) is 3.17. The predicted molar refractivity (Wildman–Crippen MR) is 134 cm³/mol. The van der Waals surface area contributed by atoms with Crippen LogP contribution in [0.3, 0.4) is 0 Å². The van der Waals surface area contributed by atoms with Crippen molar-refractivity contribution >= 4 is 28.6 Å². The molecule has 1 saturated heterocycles. The number of carbonyl (C=O) groups excluding carboxylic acids is 3. The first-order valence-electron chi connectivity index (χ1n) is 12.3. The molecule has 37 heavy (non-hydrogen) atoms. The van der Waals surface area contributed by atoms with Crippen molar-refractivity contribution in [1.82, 2.24) is 25.5 Å². The van der Waals surface area contributed by atoms with Crippen LogP contribution in [0.5, 0.6) is 0 Å². The Hall–Kier alpha value is -4.05. The zero-order chi connectivity index (χ0) is 27.1. The van der Waals surface area contributed by atoms with E-state index in [0.29, 0.717) is 17.6 Å². The number of pyridine rings is 2. The molecule has 2 aromatic heterocycles. The summed E-state index contributed by atoms with van der Waals surface area (Å²) in [6.07, 6.45) is 4.42. The quantitative estimate of drug-likeness (QED) is 0.616. The van der Waals surface area contributed by atoms with E-state index in [9.17, 15) is 19.6 Å². The minimum absolute atomic E-state index is 0.0741. The lowest BCUT2D eigenvalue weighted by molar-refractivity contribution is -0.145. The van der Waals surface area contributed by atoms with Crippen molar-refractivity contribution in [2.24, 2.45) is 22.7 Å². The summed E-state index contributed by atoms with van der Waals surface area (Å²) in [5, 5.41) is 25.1. The Labute approximate surface area is 216 Å². The summed E-state index contributed by atoms with van der Waals surface area (Å²) in [6.45, 7) is 9.99. The normalized spacial score (nSPS) is 23.2. The van der Waals surface area contributed by atoms with Gasteiger partial charge in [0, 0.05) is 36.1 Å². The fraction of sp³-hybridized carbons (Fsp3) is 0.519. The number of nitrogens with zero attached hydrogens (tertiary/aromatic N) is 5. The molecule has 2 fully saturated rings. The van der Waals surface area contributed by atoms with Gasteiger partial charge in [0.2, 0.25) is 17.7 Å². The van der Waals surface area contributed by atoms with Gasteiger partial charge in [0.15, 0.2) is 0 Å². The van der Waals surface area contributed by atoms with E-state index in [4.69, 9.17) is 5.26 Å². The molecule has 1 saturated carbocycles. The molecule has 5 atom stereocenters. The summed E-state index contributed by atoms with van der Waals surface area (Å²) >= 11 is 0. The van der Waals surface area contributed by atoms with Crippen LogP contribution in [-0.2, 0) is 14.4 Å². The number of piperidine rings is 1. The van der Waals surface area contributed by atoms with E-state index < -0.39 is 35.4 Å². The van der Waals surface area contributed by atoms with E-state index in [1.54, 1.807) is 24.5 Å². The Bertz CT molecular complexity index is 1330. The van der Waals surface area contributed by atoms with E-state index in [2.05, 4.69) is 40.5 Å². The summed E-state index contributed by atoms with van der Waals surface area (Å²) in [5.41, 5.74) is 0.264. The highest BCUT2D eigenvalue weighted by atomic mass is 16.2. The van der Waals surface area contributed by atoms with Crippen molar-refractivity contribution in [3.63, 3.8) is 0 Å². The molecule has 1 aliphatic carbocycles. The number of nitriles is 2. The van der Waals surface area contributed by atoms with Crippen LogP contribution in [0.25, 0.3) is 10.9 Å². The van der Waals surface area contributed by atoms with Gasteiger partial charge in [-0.25, -0.2) is 0 Å². The Morgan fingerprint density at radius 2 is 1.95 bits per heavy atom. The van der Waals surface area contributed by atoms with Gasteiger partial charge in [-0.2, -0.15) is 10.5 Å². The smallest absolute Gasteiger partial charge is 0.246 e. The molecule has 3 amide bonds. The van der Waals surface area contributed by atoms with Gasteiger partial charge in [-0.15, -0.1) is 0 Å². The predicted octanol–water partition coefficient (Wildman–Crippen LogP) is 2.24. The third-order valence-electron chi connectivity index (χ3n) is 7.68. The fourth-order valence-corrected chi connectivity index (χ4v) is 5.55. The second kappa shape index (κ2) is 9.44. The number of carbonyl (C=O) groups is 3. The van der Waals surface area contributed by atoms with E-state index in [1.165, 1.54) is 11.1 Å². The van der Waals surface area contributed by atoms with Crippen molar-refractivity contribution in [3.05, 3.63) is 36.3 Å². The zero-order valence-electron chi connectivity index (χ0n) is 21.6. The van der Waals surface area contributed by atoms with Crippen LogP contribution < -0.4 is 10.6 Å². The Morgan fingerprint density at radius 1 is 1.22 bits per heavy atom. The first kappa shape index (κ1) is 26.0. The van der Waals surface area contributed by atoms with E-state index >= 15 is 0 Å². The monoisotopic (exact) mass is 501 g/mol. The molecule has 4 rings (SSSR count). The SMILES string of the molecule is CC(C)(C)[C@H](NC(=O)CC#N)C(=O)N1C[C@H]2[C@@H]([C@H]1C(=O)NC(C#N)c1cncc3cccnc13)C2(C)C. The average molecular weight is 502 g/mol. The molecular formula is C27H31N7O3. The summed E-state index contributed by atoms with van der Waals surface area (Å²) in [5.74, 6) is -1.29. The summed E-state index contributed by atoms with van der Waals surface area (Å²) in [4.78, 5) is 49.8. The van der Waals surface area contributed by atoms with Crippen molar-refractivity contribution in [3.8, 4) is 12.1 Å². The second-order valence-electron chi connectivity index (χ2n) is 11.5. The van der Waals surface area contributed by atoms with Crippen LogP contribution in [0.4, 0.5) is 0 Å². The highest BCUT2D eigenvalue weighted by molar-refractivity contribution is 5.94. The van der Waals surface area contributed by atoms with Gasteiger partial charge >= 0.3 is 0 Å². The molecule has 1 aliphatic heterocycles. The molecule has 1 unspecified atom stereocenters. The number of amides is 3. The van der Waals surface area contributed by atoms with Crippen LogP contribution >= 0.6 is 0 Å². The molecule has 0 spiro atoms. The highest BCUT2D eigenvalue weighted by Gasteiger charge is 2.69. The van der Waals surface area contributed by atoms with Gasteiger partial charge in [-0.3, -0.25) is 24.4 Å². The fourth-order valence-electron chi connectivity index (χ4n) is 5.55. The summed E-state index contributed by atoms with van der Waals surface area (Å²) < 4.78 is 0.